The highest BCUT2D eigenvalue weighted by molar-refractivity contribution is 4.93. The number of nitrogens with zero attached hydrogens (tertiary/aromatic N) is 1. The molecule has 17 heavy (non-hydrogen) atoms. The molecule has 3 nitrogen and oxygen atoms in total. The Labute approximate surface area is 106 Å². The van der Waals surface area contributed by atoms with E-state index >= 15 is 0 Å². The Kier molecular flexibility index (Phi) is 5.75. The first-order valence-corrected chi connectivity index (χ1v) is 7.47. The van der Waals surface area contributed by atoms with Crippen molar-refractivity contribution in [1.82, 2.24) is 10.2 Å². The molecule has 0 bridgehead atoms. The van der Waals surface area contributed by atoms with E-state index < -0.39 is 0 Å². The Bertz CT molecular complexity index is 210. The summed E-state index contributed by atoms with van der Waals surface area (Å²) in [4.78, 5) is 2.69. The van der Waals surface area contributed by atoms with Crippen LogP contribution in [-0.2, 0) is 4.74 Å². The van der Waals surface area contributed by atoms with Gasteiger partial charge in [0.15, 0.2) is 0 Å². The number of rotatable bonds is 7. The molecule has 0 amide bonds. The van der Waals surface area contributed by atoms with Crippen LogP contribution in [0.5, 0.6) is 0 Å². The van der Waals surface area contributed by atoms with Crippen molar-refractivity contribution in [1.29, 1.82) is 0 Å². The monoisotopic (exact) mass is 240 g/mol. The van der Waals surface area contributed by atoms with Gasteiger partial charge in [-0.05, 0) is 45.2 Å². The standard InChI is InChI=1S/C14H28N2O/c1-2-11-17-12-5-8-15-13-7-10-16-9-4-3-6-14(13)16/h13-15H,2-12H2,1H3. The first-order valence-electron chi connectivity index (χ1n) is 7.47. The number of nitrogens with one attached hydrogen (secondary N) is 1. The van der Waals surface area contributed by atoms with Gasteiger partial charge in [0.1, 0.15) is 0 Å². The fourth-order valence-electron chi connectivity index (χ4n) is 3.19. The second kappa shape index (κ2) is 7.34. The van der Waals surface area contributed by atoms with Gasteiger partial charge in [0.2, 0.25) is 0 Å². The van der Waals surface area contributed by atoms with Crippen molar-refractivity contribution in [2.75, 3.05) is 32.8 Å². The predicted octanol–water partition coefficient (Wildman–Crippen LogP) is 2.02. The van der Waals surface area contributed by atoms with E-state index in [2.05, 4.69) is 17.1 Å². The molecule has 2 atom stereocenters. The Morgan fingerprint density at radius 1 is 1.18 bits per heavy atom. The normalized spacial score (nSPS) is 29.5. The lowest BCUT2D eigenvalue weighted by Gasteiger charge is -2.32. The van der Waals surface area contributed by atoms with Crippen LogP contribution in [0.4, 0.5) is 0 Å². The van der Waals surface area contributed by atoms with Crippen LogP contribution < -0.4 is 5.32 Å². The molecule has 0 aromatic carbocycles. The summed E-state index contributed by atoms with van der Waals surface area (Å²) in [6, 6.07) is 1.58. The predicted molar refractivity (Wildman–Crippen MR) is 71.3 cm³/mol. The summed E-state index contributed by atoms with van der Waals surface area (Å²) in [5.41, 5.74) is 0. The van der Waals surface area contributed by atoms with Crippen LogP contribution in [0, 0.1) is 0 Å². The highest BCUT2D eigenvalue weighted by atomic mass is 16.5. The van der Waals surface area contributed by atoms with Gasteiger partial charge in [-0.1, -0.05) is 13.3 Å². The smallest absolute Gasteiger partial charge is 0.0478 e. The van der Waals surface area contributed by atoms with E-state index in [0.717, 1.165) is 44.7 Å². The zero-order valence-electron chi connectivity index (χ0n) is 11.3. The zero-order chi connectivity index (χ0) is 11.9. The minimum Gasteiger partial charge on any atom is -0.381 e. The lowest BCUT2D eigenvalue weighted by atomic mass is 9.99. The van der Waals surface area contributed by atoms with Crippen LogP contribution in [0.2, 0.25) is 0 Å². The van der Waals surface area contributed by atoms with E-state index in [1.54, 1.807) is 0 Å². The molecule has 2 heterocycles. The van der Waals surface area contributed by atoms with Crippen molar-refractivity contribution < 1.29 is 4.74 Å². The summed E-state index contributed by atoms with van der Waals surface area (Å²) in [5, 5.41) is 3.74. The van der Waals surface area contributed by atoms with Crippen molar-refractivity contribution in [3.8, 4) is 0 Å². The van der Waals surface area contributed by atoms with E-state index in [4.69, 9.17) is 4.74 Å². The first kappa shape index (κ1) is 13.3. The molecule has 2 aliphatic rings. The summed E-state index contributed by atoms with van der Waals surface area (Å²) in [7, 11) is 0. The first-order chi connectivity index (χ1) is 8.42. The van der Waals surface area contributed by atoms with Gasteiger partial charge in [0, 0.05) is 31.8 Å². The van der Waals surface area contributed by atoms with Crippen molar-refractivity contribution >= 4 is 0 Å². The molecule has 2 fully saturated rings. The lowest BCUT2D eigenvalue weighted by molar-refractivity contribution is 0.130. The molecule has 2 unspecified atom stereocenters. The molecule has 2 saturated heterocycles. The van der Waals surface area contributed by atoms with Crippen LogP contribution in [0.3, 0.4) is 0 Å². The second-order valence-electron chi connectivity index (χ2n) is 5.41. The summed E-state index contributed by atoms with van der Waals surface area (Å²) >= 11 is 0. The molecule has 2 aliphatic heterocycles. The van der Waals surface area contributed by atoms with Gasteiger partial charge in [-0.25, -0.2) is 0 Å². The van der Waals surface area contributed by atoms with E-state index in [-0.39, 0.29) is 0 Å². The summed E-state index contributed by atoms with van der Waals surface area (Å²) in [5.74, 6) is 0. The van der Waals surface area contributed by atoms with Crippen molar-refractivity contribution in [3.63, 3.8) is 0 Å². The lowest BCUT2D eigenvalue weighted by Crippen LogP contribution is -2.45. The maximum Gasteiger partial charge on any atom is 0.0478 e. The molecular formula is C14H28N2O. The van der Waals surface area contributed by atoms with Crippen LogP contribution in [0.15, 0.2) is 0 Å². The molecule has 1 N–H and O–H groups in total. The number of hydrogen-bond acceptors (Lipinski definition) is 3. The van der Waals surface area contributed by atoms with E-state index in [0.29, 0.717) is 0 Å². The third-order valence-electron chi connectivity index (χ3n) is 4.08. The quantitative estimate of drug-likeness (QED) is 0.689. The SMILES string of the molecule is CCCOCCCNC1CCN2CCCCC12. The average Bonchev–Trinajstić information content (AvgIpc) is 2.77. The van der Waals surface area contributed by atoms with E-state index in [1.165, 1.54) is 38.8 Å². The average molecular weight is 240 g/mol. The third kappa shape index (κ3) is 3.94. The molecule has 2 rings (SSSR count). The Balaban J connectivity index is 1.56. The van der Waals surface area contributed by atoms with E-state index in [9.17, 15) is 0 Å². The summed E-state index contributed by atoms with van der Waals surface area (Å²) < 4.78 is 5.50. The Hall–Kier alpha value is -0.120. The van der Waals surface area contributed by atoms with Crippen LogP contribution in [-0.4, -0.2) is 49.8 Å². The molecule has 0 radical (unpaired) electrons. The van der Waals surface area contributed by atoms with Crippen molar-refractivity contribution in [3.05, 3.63) is 0 Å². The van der Waals surface area contributed by atoms with Gasteiger partial charge in [-0.3, -0.25) is 4.90 Å². The second-order valence-corrected chi connectivity index (χ2v) is 5.41. The molecule has 0 saturated carbocycles. The molecule has 0 aromatic heterocycles. The van der Waals surface area contributed by atoms with Gasteiger partial charge in [-0.15, -0.1) is 0 Å². The highest BCUT2D eigenvalue weighted by Crippen LogP contribution is 2.26. The van der Waals surface area contributed by atoms with Gasteiger partial charge in [-0.2, -0.15) is 0 Å². The van der Waals surface area contributed by atoms with Crippen LogP contribution in [0.1, 0.15) is 45.4 Å². The Morgan fingerprint density at radius 3 is 3.00 bits per heavy atom. The third-order valence-corrected chi connectivity index (χ3v) is 4.08. The molecule has 0 aliphatic carbocycles. The number of ether oxygens (including phenoxy) is 1. The van der Waals surface area contributed by atoms with Gasteiger partial charge in [0.05, 0.1) is 0 Å². The largest absolute Gasteiger partial charge is 0.381 e. The van der Waals surface area contributed by atoms with E-state index in [1.807, 2.05) is 0 Å². The minimum atomic E-state index is 0.751. The van der Waals surface area contributed by atoms with Crippen LogP contribution in [0.25, 0.3) is 0 Å². The van der Waals surface area contributed by atoms with Crippen molar-refractivity contribution in [2.24, 2.45) is 0 Å². The van der Waals surface area contributed by atoms with Crippen molar-refractivity contribution in [2.45, 2.75) is 57.5 Å². The number of fused-ring (bicyclic) bond motifs is 1. The molecule has 0 aromatic rings. The van der Waals surface area contributed by atoms with Gasteiger partial charge >= 0.3 is 0 Å². The highest BCUT2D eigenvalue weighted by Gasteiger charge is 2.34. The summed E-state index contributed by atoms with van der Waals surface area (Å²) in [6.45, 7) is 7.77. The minimum absolute atomic E-state index is 0.751. The maximum absolute atomic E-state index is 5.50. The van der Waals surface area contributed by atoms with Gasteiger partial charge < -0.3 is 10.1 Å². The molecular weight excluding hydrogens is 212 g/mol. The fourth-order valence-corrected chi connectivity index (χ4v) is 3.19. The molecule has 0 spiro atoms. The van der Waals surface area contributed by atoms with Gasteiger partial charge in [0.25, 0.3) is 0 Å². The maximum atomic E-state index is 5.50. The number of piperidine rings is 1. The zero-order valence-corrected chi connectivity index (χ0v) is 11.3. The molecule has 100 valence electrons. The molecule has 3 heteroatoms. The van der Waals surface area contributed by atoms with Crippen LogP contribution >= 0.6 is 0 Å². The summed E-state index contributed by atoms with van der Waals surface area (Å²) in [6.07, 6.45) is 7.88. The Morgan fingerprint density at radius 2 is 2.12 bits per heavy atom. The number of hydrogen-bond donors (Lipinski definition) is 1. The fraction of sp³-hybridized carbons (Fsp3) is 1.00. The topological polar surface area (TPSA) is 24.5 Å².